The molecule has 1 fully saturated rings. The highest BCUT2D eigenvalue weighted by Gasteiger charge is 2.53. The third-order valence-electron chi connectivity index (χ3n) is 2.35. The molecule has 1 aromatic heterocycles. The van der Waals surface area contributed by atoms with Crippen molar-refractivity contribution in [2.24, 2.45) is 5.41 Å². The number of carboxylic acid groups (broad SMARTS) is 1. The van der Waals surface area contributed by atoms with Crippen molar-refractivity contribution >= 4 is 44.1 Å². The highest BCUT2D eigenvalue weighted by molar-refractivity contribution is 9.10. The Morgan fingerprint density at radius 3 is 2.62 bits per heavy atom. The molecule has 2 rings (SSSR count). The highest BCUT2D eigenvalue weighted by atomic mass is 79.9. The number of hydrogen-bond acceptors (Lipinski definition) is 4. The molecule has 1 amide bonds. The van der Waals surface area contributed by atoms with Crippen molar-refractivity contribution in [2.75, 3.05) is 18.5 Å². The number of amides is 1. The molecule has 1 aliphatic heterocycles. The van der Waals surface area contributed by atoms with E-state index in [1.165, 1.54) is 11.3 Å². The molecule has 1 aromatic rings. The fraction of sp³-hybridized carbons (Fsp3) is 0.333. The minimum Gasteiger partial charge on any atom is -0.480 e. The number of thiophene rings is 1. The topological polar surface area (TPSA) is 75.6 Å². The summed E-state index contributed by atoms with van der Waals surface area (Å²) >= 11 is 4.58. The van der Waals surface area contributed by atoms with Crippen LogP contribution >= 0.6 is 27.3 Å². The minimum atomic E-state index is -1.42. The second-order valence-electron chi connectivity index (χ2n) is 3.46. The first-order chi connectivity index (χ1) is 7.54. The first-order valence-electron chi connectivity index (χ1n) is 4.41. The number of nitrogens with one attached hydrogen (secondary N) is 1. The Balaban J connectivity index is 2.10. The Hall–Kier alpha value is -0.920. The van der Waals surface area contributed by atoms with Gasteiger partial charge in [-0.3, -0.25) is 9.59 Å². The van der Waals surface area contributed by atoms with E-state index in [4.69, 9.17) is 9.84 Å². The number of carbonyl (C=O) groups excluding carboxylic acids is 1. The molecule has 5 nitrogen and oxygen atoms in total. The number of carbonyl (C=O) groups is 2. The Morgan fingerprint density at radius 2 is 2.25 bits per heavy atom. The largest absolute Gasteiger partial charge is 0.480 e. The summed E-state index contributed by atoms with van der Waals surface area (Å²) in [6.45, 7) is -0.137. The zero-order chi connectivity index (χ0) is 11.8. The van der Waals surface area contributed by atoms with Gasteiger partial charge >= 0.3 is 5.97 Å². The molecule has 2 N–H and O–H groups in total. The van der Waals surface area contributed by atoms with Gasteiger partial charge in [-0.1, -0.05) is 0 Å². The van der Waals surface area contributed by atoms with Crippen LogP contribution in [0.2, 0.25) is 0 Å². The molecule has 86 valence electrons. The summed E-state index contributed by atoms with van der Waals surface area (Å²) in [7, 11) is 0. The van der Waals surface area contributed by atoms with Gasteiger partial charge in [0, 0.05) is 9.85 Å². The van der Waals surface area contributed by atoms with E-state index in [2.05, 4.69) is 21.2 Å². The molecule has 1 aliphatic rings. The molecule has 0 aromatic carbocycles. The molecule has 0 bridgehead atoms. The van der Waals surface area contributed by atoms with Gasteiger partial charge in [0.1, 0.15) is 0 Å². The van der Waals surface area contributed by atoms with E-state index >= 15 is 0 Å². The summed E-state index contributed by atoms with van der Waals surface area (Å²) in [5.74, 6) is -1.67. The third-order valence-corrected chi connectivity index (χ3v) is 3.95. The molecule has 0 atom stereocenters. The lowest BCUT2D eigenvalue weighted by Gasteiger charge is -2.35. The molecule has 0 saturated carbocycles. The fourth-order valence-electron chi connectivity index (χ4n) is 1.27. The summed E-state index contributed by atoms with van der Waals surface area (Å²) in [4.78, 5) is 22.8. The number of hydrogen-bond donors (Lipinski definition) is 2. The van der Waals surface area contributed by atoms with Crippen LogP contribution in [-0.4, -0.2) is 30.2 Å². The van der Waals surface area contributed by atoms with Crippen molar-refractivity contribution < 1.29 is 19.4 Å². The van der Waals surface area contributed by atoms with Crippen LogP contribution in [0.5, 0.6) is 0 Å². The lowest BCUT2D eigenvalue weighted by Crippen LogP contribution is -2.57. The maximum atomic E-state index is 11.8. The van der Waals surface area contributed by atoms with E-state index in [9.17, 15) is 9.59 Å². The Labute approximate surface area is 104 Å². The minimum absolute atomic E-state index is 0.0687. The van der Waals surface area contributed by atoms with Crippen molar-refractivity contribution in [1.82, 2.24) is 0 Å². The van der Waals surface area contributed by atoms with Crippen molar-refractivity contribution in [3.05, 3.63) is 15.9 Å². The second-order valence-corrected chi connectivity index (χ2v) is 5.29. The average Bonchev–Trinajstić information content (AvgIpc) is 2.47. The summed E-state index contributed by atoms with van der Waals surface area (Å²) in [6.07, 6.45) is 0. The second kappa shape index (κ2) is 4.15. The maximum absolute atomic E-state index is 11.8. The molecule has 0 aliphatic carbocycles. The number of ether oxygens (including phenoxy) is 1. The van der Waals surface area contributed by atoms with Crippen molar-refractivity contribution in [3.8, 4) is 0 Å². The van der Waals surface area contributed by atoms with E-state index in [0.29, 0.717) is 5.00 Å². The summed E-state index contributed by atoms with van der Waals surface area (Å²) in [6, 6.07) is 1.72. The van der Waals surface area contributed by atoms with Crippen molar-refractivity contribution in [2.45, 2.75) is 0 Å². The van der Waals surface area contributed by atoms with Gasteiger partial charge in [-0.2, -0.15) is 0 Å². The molecule has 0 radical (unpaired) electrons. The van der Waals surface area contributed by atoms with Gasteiger partial charge in [-0.25, -0.2) is 0 Å². The standard InChI is InChI=1S/C9H8BrNO4S/c10-5-1-6(16-2-5)11-7(12)9(8(13)14)3-15-4-9/h1-2H,3-4H2,(H,11,12)(H,13,14). The maximum Gasteiger partial charge on any atom is 0.324 e. The fourth-order valence-corrected chi connectivity index (χ4v) is 2.58. The van der Waals surface area contributed by atoms with Crippen LogP contribution < -0.4 is 5.32 Å². The van der Waals surface area contributed by atoms with Gasteiger partial charge in [0.2, 0.25) is 5.91 Å². The van der Waals surface area contributed by atoms with Crippen LogP contribution in [0, 0.1) is 5.41 Å². The zero-order valence-corrected chi connectivity index (χ0v) is 10.4. The normalized spacial score (nSPS) is 17.6. The average molecular weight is 306 g/mol. The Kier molecular flexibility index (Phi) is 3.00. The van der Waals surface area contributed by atoms with Gasteiger partial charge in [0.05, 0.1) is 18.2 Å². The number of halogens is 1. The van der Waals surface area contributed by atoms with Gasteiger partial charge in [0.15, 0.2) is 5.41 Å². The Bertz CT molecular complexity index is 440. The predicted octanol–water partition coefficient (Wildman–Crippen LogP) is 1.55. The lowest BCUT2D eigenvalue weighted by molar-refractivity contribution is -0.182. The SMILES string of the molecule is O=C(O)C1(C(=O)Nc2cc(Br)cs2)COC1. The van der Waals surface area contributed by atoms with Crippen LogP contribution in [0.3, 0.4) is 0 Å². The highest BCUT2D eigenvalue weighted by Crippen LogP contribution is 2.31. The monoisotopic (exact) mass is 305 g/mol. The number of carboxylic acids is 1. The van der Waals surface area contributed by atoms with E-state index < -0.39 is 17.3 Å². The van der Waals surface area contributed by atoms with Crippen LogP contribution in [0.15, 0.2) is 15.9 Å². The first-order valence-corrected chi connectivity index (χ1v) is 6.08. The van der Waals surface area contributed by atoms with Crippen LogP contribution in [0.25, 0.3) is 0 Å². The Morgan fingerprint density at radius 1 is 1.56 bits per heavy atom. The molecule has 7 heteroatoms. The molecular formula is C9H8BrNO4S. The van der Waals surface area contributed by atoms with E-state index in [-0.39, 0.29) is 13.2 Å². The number of aliphatic carboxylic acids is 1. The van der Waals surface area contributed by atoms with Crippen molar-refractivity contribution in [1.29, 1.82) is 0 Å². The van der Waals surface area contributed by atoms with Crippen LogP contribution in [0.1, 0.15) is 0 Å². The molecule has 2 heterocycles. The van der Waals surface area contributed by atoms with Crippen LogP contribution in [0.4, 0.5) is 5.00 Å². The zero-order valence-electron chi connectivity index (χ0n) is 8.03. The lowest BCUT2D eigenvalue weighted by atomic mass is 9.85. The van der Waals surface area contributed by atoms with Gasteiger partial charge < -0.3 is 15.2 Å². The molecular weight excluding hydrogens is 298 g/mol. The quantitative estimate of drug-likeness (QED) is 0.831. The number of rotatable bonds is 3. The molecule has 0 spiro atoms. The number of anilines is 1. The van der Waals surface area contributed by atoms with Gasteiger partial charge in [0.25, 0.3) is 0 Å². The van der Waals surface area contributed by atoms with E-state index in [0.717, 1.165) is 4.47 Å². The van der Waals surface area contributed by atoms with E-state index in [1.807, 2.05) is 0 Å². The third kappa shape index (κ3) is 1.85. The predicted molar refractivity (Wildman–Crippen MR) is 61.5 cm³/mol. The van der Waals surface area contributed by atoms with Gasteiger partial charge in [-0.05, 0) is 22.0 Å². The first kappa shape index (κ1) is 11.6. The summed E-state index contributed by atoms with van der Waals surface area (Å²) < 4.78 is 5.67. The van der Waals surface area contributed by atoms with Crippen LogP contribution in [-0.2, 0) is 14.3 Å². The molecule has 1 saturated heterocycles. The van der Waals surface area contributed by atoms with Crippen molar-refractivity contribution in [3.63, 3.8) is 0 Å². The van der Waals surface area contributed by atoms with Gasteiger partial charge in [-0.15, -0.1) is 11.3 Å². The summed E-state index contributed by atoms with van der Waals surface area (Å²) in [5.41, 5.74) is -1.42. The summed E-state index contributed by atoms with van der Waals surface area (Å²) in [5, 5.41) is 14.0. The molecule has 0 unspecified atom stereocenters. The molecule has 16 heavy (non-hydrogen) atoms. The smallest absolute Gasteiger partial charge is 0.324 e. The van der Waals surface area contributed by atoms with E-state index in [1.54, 1.807) is 11.4 Å².